The highest BCUT2D eigenvalue weighted by Gasteiger charge is 2.17. The number of thiocarbonyl (C=S) groups is 1. The molecule has 1 aromatic heterocycles. The number of aromatic nitrogens is 1. The second kappa shape index (κ2) is 8.98. The first-order chi connectivity index (χ1) is 15.3. The molecule has 0 unspecified atom stereocenters. The molecule has 0 fully saturated rings. The van der Waals surface area contributed by atoms with Gasteiger partial charge in [0.2, 0.25) is 5.89 Å². The molecule has 0 atom stereocenters. The summed E-state index contributed by atoms with van der Waals surface area (Å²) in [5, 5.41) is 16.9. The topological polar surface area (TPSA) is 87.4 Å². The van der Waals surface area contributed by atoms with Crippen molar-refractivity contribution < 1.29 is 14.3 Å². The van der Waals surface area contributed by atoms with Gasteiger partial charge < -0.3 is 14.8 Å². The van der Waals surface area contributed by atoms with E-state index in [1.807, 2.05) is 18.2 Å². The molecule has 0 saturated carbocycles. The Labute approximate surface area is 195 Å². The minimum atomic E-state index is -0.361. The monoisotopic (exact) mass is 465 g/mol. The summed E-state index contributed by atoms with van der Waals surface area (Å²) in [7, 11) is 0. The van der Waals surface area contributed by atoms with Crippen LogP contribution in [0.25, 0.3) is 22.6 Å². The minimum Gasteiger partial charge on any atom is -0.507 e. The number of carbonyl (C=O) groups is 1. The van der Waals surface area contributed by atoms with Gasteiger partial charge >= 0.3 is 0 Å². The fourth-order valence-corrected chi connectivity index (χ4v) is 3.60. The Morgan fingerprint density at radius 2 is 1.91 bits per heavy atom. The number of rotatable bonds is 4. The predicted octanol–water partition coefficient (Wildman–Crippen LogP) is 5.85. The normalized spacial score (nSPS) is 10.8. The Morgan fingerprint density at radius 3 is 2.62 bits per heavy atom. The molecule has 0 bridgehead atoms. The van der Waals surface area contributed by atoms with Crippen LogP contribution in [0.1, 0.15) is 28.4 Å². The fourth-order valence-electron chi connectivity index (χ4n) is 3.26. The highest BCUT2D eigenvalue weighted by atomic mass is 35.5. The van der Waals surface area contributed by atoms with Crippen LogP contribution in [0.4, 0.5) is 5.69 Å². The van der Waals surface area contributed by atoms with Crippen LogP contribution in [0.15, 0.2) is 59.0 Å². The van der Waals surface area contributed by atoms with Gasteiger partial charge in [-0.2, -0.15) is 0 Å². The number of hydrogen-bond acceptors (Lipinski definition) is 5. The largest absolute Gasteiger partial charge is 0.507 e. The lowest BCUT2D eigenvalue weighted by Crippen LogP contribution is -2.34. The summed E-state index contributed by atoms with van der Waals surface area (Å²) in [5.41, 5.74) is 4.54. The molecule has 0 radical (unpaired) electrons. The first kappa shape index (κ1) is 21.8. The zero-order valence-corrected chi connectivity index (χ0v) is 19.0. The van der Waals surface area contributed by atoms with Crippen molar-refractivity contribution in [1.82, 2.24) is 10.3 Å². The molecule has 4 rings (SSSR count). The Hall–Kier alpha value is -3.42. The van der Waals surface area contributed by atoms with Gasteiger partial charge in [-0.15, -0.1) is 0 Å². The molecule has 3 aromatic carbocycles. The number of benzene rings is 3. The standard InChI is InChI=1S/C24H20ClN3O3S/c1-3-14-4-9-20-19(11-14)27-23(31-20)18-12-17(10-13(2)21(18)29)26-24(32)28-22(30)15-5-7-16(25)8-6-15/h4-12,29H,3H2,1-2H3,(H2,26,28,30,32). The number of phenolic OH excluding ortho intramolecular Hbond substituents is 1. The number of nitrogens with zero attached hydrogens (tertiary/aromatic N) is 1. The van der Waals surface area contributed by atoms with E-state index in [0.29, 0.717) is 38.9 Å². The van der Waals surface area contributed by atoms with E-state index in [0.717, 1.165) is 17.5 Å². The van der Waals surface area contributed by atoms with Crippen molar-refractivity contribution in [2.75, 3.05) is 5.32 Å². The van der Waals surface area contributed by atoms with E-state index in [9.17, 15) is 9.90 Å². The van der Waals surface area contributed by atoms with Crippen molar-refractivity contribution in [2.24, 2.45) is 0 Å². The van der Waals surface area contributed by atoms with Gasteiger partial charge in [-0.05, 0) is 85.2 Å². The van der Waals surface area contributed by atoms with Gasteiger partial charge in [0.05, 0.1) is 5.56 Å². The molecule has 0 aliphatic rings. The van der Waals surface area contributed by atoms with Crippen molar-refractivity contribution in [3.8, 4) is 17.2 Å². The van der Waals surface area contributed by atoms with Gasteiger partial charge in [-0.1, -0.05) is 24.6 Å². The Bertz CT molecular complexity index is 1330. The molecule has 0 saturated heterocycles. The fraction of sp³-hybridized carbons (Fsp3) is 0.125. The molecule has 4 aromatic rings. The van der Waals surface area contributed by atoms with E-state index in [1.54, 1.807) is 43.3 Å². The van der Waals surface area contributed by atoms with Crippen LogP contribution in [0.5, 0.6) is 5.75 Å². The lowest BCUT2D eigenvalue weighted by molar-refractivity contribution is 0.0977. The van der Waals surface area contributed by atoms with Crippen LogP contribution < -0.4 is 10.6 Å². The second-order valence-corrected chi connectivity index (χ2v) is 8.12. The Kier molecular flexibility index (Phi) is 6.12. The second-order valence-electron chi connectivity index (χ2n) is 7.28. The summed E-state index contributed by atoms with van der Waals surface area (Å²) in [6, 6.07) is 15.7. The number of aryl methyl sites for hydroxylation is 2. The molecule has 8 heteroatoms. The number of oxazole rings is 1. The number of nitrogens with one attached hydrogen (secondary N) is 2. The third kappa shape index (κ3) is 4.59. The summed E-state index contributed by atoms with van der Waals surface area (Å²) in [6.07, 6.45) is 0.890. The van der Waals surface area contributed by atoms with Crippen LogP contribution in [-0.4, -0.2) is 21.1 Å². The van der Waals surface area contributed by atoms with Crippen LogP contribution in [0.3, 0.4) is 0 Å². The molecular formula is C24H20ClN3O3S. The third-order valence-electron chi connectivity index (χ3n) is 4.98. The molecular weight excluding hydrogens is 446 g/mol. The lowest BCUT2D eigenvalue weighted by atomic mass is 10.1. The number of aromatic hydroxyl groups is 1. The third-order valence-corrected chi connectivity index (χ3v) is 5.44. The lowest BCUT2D eigenvalue weighted by Gasteiger charge is -2.12. The average Bonchev–Trinajstić information content (AvgIpc) is 3.19. The molecule has 3 N–H and O–H groups in total. The maximum atomic E-state index is 12.4. The van der Waals surface area contributed by atoms with Gasteiger partial charge in [0.1, 0.15) is 11.3 Å². The summed E-state index contributed by atoms with van der Waals surface area (Å²) in [6.45, 7) is 3.83. The van der Waals surface area contributed by atoms with Crippen molar-refractivity contribution in [3.05, 3.63) is 76.3 Å². The van der Waals surface area contributed by atoms with E-state index in [4.69, 9.17) is 28.2 Å². The van der Waals surface area contributed by atoms with Crippen molar-refractivity contribution in [3.63, 3.8) is 0 Å². The summed E-state index contributed by atoms with van der Waals surface area (Å²) in [5.74, 6) is 0.00290. The van der Waals surface area contributed by atoms with E-state index >= 15 is 0 Å². The van der Waals surface area contributed by atoms with Crippen LogP contribution in [0.2, 0.25) is 5.02 Å². The number of amides is 1. The highest BCUT2D eigenvalue weighted by Crippen LogP contribution is 2.36. The average molecular weight is 466 g/mol. The molecule has 0 aliphatic heterocycles. The van der Waals surface area contributed by atoms with Gasteiger partial charge in [0, 0.05) is 16.3 Å². The number of halogens is 1. The molecule has 32 heavy (non-hydrogen) atoms. The number of phenols is 1. The zero-order valence-electron chi connectivity index (χ0n) is 17.4. The quantitative estimate of drug-likeness (QED) is 0.259. The van der Waals surface area contributed by atoms with Crippen molar-refractivity contribution >= 4 is 51.6 Å². The highest BCUT2D eigenvalue weighted by molar-refractivity contribution is 7.80. The van der Waals surface area contributed by atoms with E-state index in [-0.39, 0.29) is 16.8 Å². The Balaban J connectivity index is 1.57. The maximum absolute atomic E-state index is 12.4. The number of fused-ring (bicyclic) bond motifs is 1. The summed E-state index contributed by atoms with van der Waals surface area (Å²) >= 11 is 11.1. The smallest absolute Gasteiger partial charge is 0.257 e. The van der Waals surface area contributed by atoms with Crippen LogP contribution >= 0.6 is 23.8 Å². The Morgan fingerprint density at radius 1 is 1.16 bits per heavy atom. The van der Waals surface area contributed by atoms with Crippen LogP contribution in [-0.2, 0) is 6.42 Å². The van der Waals surface area contributed by atoms with E-state index < -0.39 is 0 Å². The van der Waals surface area contributed by atoms with E-state index in [2.05, 4.69) is 22.5 Å². The van der Waals surface area contributed by atoms with Crippen molar-refractivity contribution in [1.29, 1.82) is 0 Å². The molecule has 1 heterocycles. The number of hydrogen-bond donors (Lipinski definition) is 3. The minimum absolute atomic E-state index is 0.0638. The van der Waals surface area contributed by atoms with Crippen LogP contribution in [0, 0.1) is 6.92 Å². The number of anilines is 1. The first-order valence-corrected chi connectivity index (χ1v) is 10.7. The molecule has 0 aliphatic carbocycles. The SMILES string of the molecule is CCc1ccc2oc(-c3cc(NC(=S)NC(=O)c4ccc(Cl)cc4)cc(C)c3O)nc2c1. The van der Waals surface area contributed by atoms with Gasteiger partial charge in [0.15, 0.2) is 10.7 Å². The predicted molar refractivity (Wildman–Crippen MR) is 130 cm³/mol. The summed E-state index contributed by atoms with van der Waals surface area (Å²) < 4.78 is 5.87. The maximum Gasteiger partial charge on any atom is 0.257 e. The van der Waals surface area contributed by atoms with Gasteiger partial charge in [0.25, 0.3) is 5.91 Å². The molecule has 162 valence electrons. The summed E-state index contributed by atoms with van der Waals surface area (Å²) in [4.78, 5) is 16.9. The molecule has 0 spiro atoms. The number of carbonyl (C=O) groups excluding carboxylic acids is 1. The molecule has 1 amide bonds. The molecule has 6 nitrogen and oxygen atoms in total. The van der Waals surface area contributed by atoms with Crippen molar-refractivity contribution in [2.45, 2.75) is 20.3 Å². The first-order valence-electron chi connectivity index (χ1n) is 9.95. The van der Waals surface area contributed by atoms with Gasteiger partial charge in [-0.3, -0.25) is 10.1 Å². The van der Waals surface area contributed by atoms with E-state index in [1.165, 1.54) is 0 Å². The zero-order chi connectivity index (χ0) is 22.8. The van der Waals surface area contributed by atoms with Gasteiger partial charge in [-0.25, -0.2) is 4.98 Å².